The number of anilines is 2. The van der Waals surface area contributed by atoms with Crippen molar-refractivity contribution in [3.8, 4) is 0 Å². The molecule has 0 aliphatic rings. The third kappa shape index (κ3) is 5.14. The Hall–Kier alpha value is -1.17. The average Bonchev–Trinajstić information content (AvgIpc) is 2.34. The molecule has 108 valence electrons. The second-order valence-corrected chi connectivity index (χ2v) is 6.00. The highest BCUT2D eigenvalue weighted by Gasteiger charge is 2.09. The van der Waals surface area contributed by atoms with Crippen molar-refractivity contribution < 1.29 is 4.21 Å². The van der Waals surface area contributed by atoms with E-state index in [4.69, 9.17) is 0 Å². The number of hydrogen-bond donors (Lipinski definition) is 2. The van der Waals surface area contributed by atoms with Crippen molar-refractivity contribution in [3.63, 3.8) is 0 Å². The monoisotopic (exact) mass is 284 g/mol. The fourth-order valence-corrected chi connectivity index (χ4v) is 2.11. The summed E-state index contributed by atoms with van der Waals surface area (Å²) in [7, 11) is -0.785. The molecule has 1 unspecified atom stereocenters. The Morgan fingerprint density at radius 3 is 2.32 bits per heavy atom. The van der Waals surface area contributed by atoms with Crippen LogP contribution in [0.5, 0.6) is 0 Å². The topological polar surface area (TPSA) is 66.9 Å². The minimum Gasteiger partial charge on any atom is -0.370 e. The lowest BCUT2D eigenvalue weighted by Gasteiger charge is -2.14. The molecule has 1 aromatic heterocycles. The molecule has 0 aromatic carbocycles. The maximum Gasteiger partial charge on any atom is 0.134 e. The molecule has 1 atom stereocenters. The van der Waals surface area contributed by atoms with Crippen LogP contribution in [0.25, 0.3) is 0 Å². The quantitative estimate of drug-likeness (QED) is 0.764. The molecule has 0 spiro atoms. The van der Waals surface area contributed by atoms with E-state index in [1.54, 1.807) is 6.26 Å². The van der Waals surface area contributed by atoms with Gasteiger partial charge in [0.25, 0.3) is 0 Å². The van der Waals surface area contributed by atoms with Crippen LogP contribution in [0, 0.1) is 6.92 Å². The van der Waals surface area contributed by atoms with Gasteiger partial charge in [-0.1, -0.05) is 6.92 Å². The van der Waals surface area contributed by atoms with Gasteiger partial charge in [0.05, 0.1) is 0 Å². The Kier molecular flexibility index (Phi) is 6.77. The summed E-state index contributed by atoms with van der Waals surface area (Å²) in [5.41, 5.74) is 1.02. The number of rotatable bonds is 8. The van der Waals surface area contributed by atoms with Gasteiger partial charge in [-0.2, -0.15) is 0 Å². The van der Waals surface area contributed by atoms with E-state index in [-0.39, 0.29) is 0 Å². The van der Waals surface area contributed by atoms with Crippen LogP contribution in [0.1, 0.15) is 31.7 Å². The van der Waals surface area contributed by atoms with Crippen molar-refractivity contribution in [2.24, 2.45) is 0 Å². The lowest BCUT2D eigenvalue weighted by atomic mass is 10.2. The van der Waals surface area contributed by atoms with Crippen molar-refractivity contribution in [3.05, 3.63) is 11.4 Å². The molecule has 19 heavy (non-hydrogen) atoms. The summed E-state index contributed by atoms with van der Waals surface area (Å²) < 4.78 is 11.1. The van der Waals surface area contributed by atoms with Crippen LogP contribution in [0.3, 0.4) is 0 Å². The van der Waals surface area contributed by atoms with Crippen molar-refractivity contribution in [2.45, 2.75) is 33.6 Å². The van der Waals surface area contributed by atoms with Crippen LogP contribution in [0.2, 0.25) is 0 Å². The molecule has 0 fully saturated rings. The smallest absolute Gasteiger partial charge is 0.134 e. The van der Waals surface area contributed by atoms with E-state index < -0.39 is 10.8 Å². The molecule has 5 nitrogen and oxygen atoms in total. The first-order valence-electron chi connectivity index (χ1n) is 6.73. The van der Waals surface area contributed by atoms with Crippen molar-refractivity contribution >= 4 is 22.4 Å². The predicted octanol–water partition coefficient (Wildman–Crippen LogP) is 1.96. The molecule has 0 aliphatic carbocycles. The molecule has 0 radical (unpaired) electrons. The van der Waals surface area contributed by atoms with E-state index in [0.717, 1.165) is 42.4 Å². The summed E-state index contributed by atoms with van der Waals surface area (Å²) >= 11 is 0. The zero-order chi connectivity index (χ0) is 14.3. The number of nitrogens with one attached hydrogen (secondary N) is 2. The summed E-state index contributed by atoms with van der Waals surface area (Å²) in [6, 6.07) is 0. The first-order valence-corrected chi connectivity index (χ1v) is 8.46. The van der Waals surface area contributed by atoms with Crippen molar-refractivity contribution in [1.29, 1.82) is 0 Å². The standard InChI is InChI=1S/C13H24N4OS/c1-5-7-11-16-12(14-6-2)10(3)13(17-11)15-8-9-19(4)18/h5-9H2,1-4H3,(H2,14,15,16,17). The maximum absolute atomic E-state index is 11.1. The minimum absolute atomic E-state index is 0.628. The highest BCUT2D eigenvalue weighted by atomic mass is 32.2. The first kappa shape index (κ1) is 15.9. The average molecular weight is 284 g/mol. The molecule has 2 N–H and O–H groups in total. The summed E-state index contributed by atoms with van der Waals surface area (Å²) in [6.45, 7) is 7.66. The Morgan fingerprint density at radius 2 is 1.79 bits per heavy atom. The summed E-state index contributed by atoms with van der Waals surface area (Å²) in [4.78, 5) is 9.07. The highest BCUT2D eigenvalue weighted by Crippen LogP contribution is 2.20. The minimum atomic E-state index is -0.785. The lowest BCUT2D eigenvalue weighted by molar-refractivity contribution is 0.687. The third-order valence-corrected chi connectivity index (χ3v) is 3.47. The molecule has 1 aromatic rings. The van der Waals surface area contributed by atoms with Gasteiger partial charge in [-0.05, 0) is 20.3 Å². The number of hydrogen-bond acceptors (Lipinski definition) is 5. The Balaban J connectivity index is 2.89. The van der Waals surface area contributed by atoms with Gasteiger partial charge in [0.15, 0.2) is 0 Å². The summed E-state index contributed by atoms with van der Waals surface area (Å²) in [6.07, 6.45) is 3.60. The highest BCUT2D eigenvalue weighted by molar-refractivity contribution is 7.84. The molecule has 0 saturated heterocycles. The lowest BCUT2D eigenvalue weighted by Crippen LogP contribution is -2.15. The first-order chi connectivity index (χ1) is 9.08. The molecular formula is C13H24N4OS. The van der Waals surface area contributed by atoms with E-state index in [1.165, 1.54) is 0 Å². The van der Waals surface area contributed by atoms with E-state index in [0.29, 0.717) is 12.3 Å². The van der Waals surface area contributed by atoms with Gasteiger partial charge >= 0.3 is 0 Å². The van der Waals surface area contributed by atoms with Gasteiger partial charge in [0, 0.05) is 47.9 Å². The second-order valence-electron chi connectivity index (χ2n) is 4.45. The van der Waals surface area contributed by atoms with Gasteiger partial charge in [-0.15, -0.1) is 0 Å². The zero-order valence-corrected chi connectivity index (χ0v) is 13.1. The van der Waals surface area contributed by atoms with Gasteiger partial charge in [-0.3, -0.25) is 4.21 Å². The summed E-state index contributed by atoms with van der Waals surface area (Å²) in [5, 5.41) is 6.52. The van der Waals surface area contributed by atoms with E-state index >= 15 is 0 Å². The molecule has 1 heterocycles. The molecule has 0 amide bonds. The van der Waals surface area contributed by atoms with Crippen LogP contribution in [0.15, 0.2) is 0 Å². The van der Waals surface area contributed by atoms with Crippen molar-refractivity contribution in [1.82, 2.24) is 9.97 Å². The summed E-state index contributed by atoms with van der Waals surface area (Å²) in [5.74, 6) is 3.22. The molecule has 6 heteroatoms. The van der Waals surface area contributed by atoms with E-state index in [1.807, 2.05) is 13.8 Å². The van der Waals surface area contributed by atoms with Crippen molar-refractivity contribution in [2.75, 3.05) is 35.7 Å². The van der Waals surface area contributed by atoms with Gasteiger partial charge in [-0.25, -0.2) is 9.97 Å². The van der Waals surface area contributed by atoms with Gasteiger partial charge < -0.3 is 10.6 Å². The molecule has 1 rings (SSSR count). The Labute approximate surface area is 118 Å². The van der Waals surface area contributed by atoms with Gasteiger partial charge in [0.1, 0.15) is 17.5 Å². The largest absolute Gasteiger partial charge is 0.370 e. The fraction of sp³-hybridized carbons (Fsp3) is 0.692. The molecule has 0 bridgehead atoms. The zero-order valence-electron chi connectivity index (χ0n) is 12.2. The second kappa shape index (κ2) is 8.09. The van der Waals surface area contributed by atoms with Gasteiger partial charge in [0.2, 0.25) is 0 Å². The molecule has 0 aliphatic heterocycles. The third-order valence-electron chi connectivity index (χ3n) is 2.69. The molecular weight excluding hydrogens is 260 g/mol. The van der Waals surface area contributed by atoms with Crippen LogP contribution in [-0.2, 0) is 17.2 Å². The van der Waals surface area contributed by atoms with Crippen LogP contribution in [0.4, 0.5) is 11.6 Å². The number of aryl methyl sites for hydroxylation is 1. The number of nitrogens with zero attached hydrogens (tertiary/aromatic N) is 2. The SMILES string of the molecule is CCCc1nc(NCC)c(C)c(NCCS(C)=O)n1. The van der Waals surface area contributed by atoms with E-state index in [2.05, 4.69) is 27.5 Å². The predicted molar refractivity (Wildman–Crippen MR) is 82.4 cm³/mol. The molecule has 0 saturated carbocycles. The number of aromatic nitrogens is 2. The van der Waals surface area contributed by atoms with Crippen LogP contribution in [-0.4, -0.2) is 39.3 Å². The maximum atomic E-state index is 11.1. The van der Waals surface area contributed by atoms with Crippen LogP contribution >= 0.6 is 0 Å². The Morgan fingerprint density at radius 1 is 1.16 bits per heavy atom. The Bertz CT molecular complexity index is 437. The fourth-order valence-electron chi connectivity index (χ4n) is 1.72. The van der Waals surface area contributed by atoms with E-state index in [9.17, 15) is 4.21 Å². The van der Waals surface area contributed by atoms with Crippen LogP contribution < -0.4 is 10.6 Å². The normalized spacial score (nSPS) is 12.2.